The molecule has 4 N–H and O–H groups in total. The fourth-order valence-corrected chi connectivity index (χ4v) is 4.02. The number of hydrogen-bond acceptors (Lipinski definition) is 4. The largest absolute Gasteiger partial charge is 0.396 e. The van der Waals surface area contributed by atoms with Gasteiger partial charge in [-0.05, 0) is 53.6 Å². The lowest BCUT2D eigenvalue weighted by Gasteiger charge is -2.23. The van der Waals surface area contributed by atoms with Gasteiger partial charge in [0, 0.05) is 55.7 Å². The first-order valence-electron chi connectivity index (χ1n) is 13.4. The highest BCUT2D eigenvalue weighted by Gasteiger charge is 2.32. The van der Waals surface area contributed by atoms with Crippen LogP contribution in [0.4, 0.5) is 10.1 Å². The molecule has 0 bridgehead atoms. The first-order valence-corrected chi connectivity index (χ1v) is 14.1. The Hall–Kier alpha value is -2.19. The molecule has 0 aliphatic carbocycles. The van der Waals surface area contributed by atoms with Gasteiger partial charge in [-0.25, -0.2) is 4.39 Å². The molecule has 1 aliphatic heterocycles. The summed E-state index contributed by atoms with van der Waals surface area (Å²) >= 11 is 12.0. The second-order valence-electron chi connectivity index (χ2n) is 10.5. The van der Waals surface area contributed by atoms with E-state index in [9.17, 15) is 14.0 Å². The van der Waals surface area contributed by atoms with Crippen molar-refractivity contribution in [2.45, 2.75) is 73.1 Å². The van der Waals surface area contributed by atoms with Crippen molar-refractivity contribution >= 4 is 41.2 Å². The number of benzene rings is 2. The van der Waals surface area contributed by atoms with Crippen molar-refractivity contribution in [3.8, 4) is 0 Å². The molecule has 1 aliphatic rings. The monoisotopic (exact) mass is 585 g/mol. The normalized spacial score (nSPS) is 15.9. The average molecular weight is 587 g/mol. The van der Waals surface area contributed by atoms with Crippen LogP contribution in [0, 0.1) is 11.2 Å². The lowest BCUT2D eigenvalue weighted by Crippen LogP contribution is -2.15. The summed E-state index contributed by atoms with van der Waals surface area (Å²) in [6.07, 6.45) is 2.29. The Kier molecular flexibility index (Phi) is 18.7. The van der Waals surface area contributed by atoms with Gasteiger partial charge in [0.25, 0.3) is 0 Å². The van der Waals surface area contributed by atoms with E-state index >= 15 is 0 Å². The Labute approximate surface area is 244 Å². The van der Waals surface area contributed by atoms with Crippen molar-refractivity contribution in [3.63, 3.8) is 0 Å². The predicted molar refractivity (Wildman–Crippen MR) is 162 cm³/mol. The van der Waals surface area contributed by atoms with Crippen LogP contribution < -0.4 is 16.0 Å². The van der Waals surface area contributed by atoms with Crippen LogP contribution in [0.15, 0.2) is 36.4 Å². The van der Waals surface area contributed by atoms with Gasteiger partial charge in [-0.3, -0.25) is 9.59 Å². The van der Waals surface area contributed by atoms with Crippen LogP contribution in [0.25, 0.3) is 0 Å². The van der Waals surface area contributed by atoms with Gasteiger partial charge in [0.1, 0.15) is 5.82 Å². The molecule has 1 fully saturated rings. The van der Waals surface area contributed by atoms with Gasteiger partial charge in [-0.15, -0.1) is 0 Å². The van der Waals surface area contributed by atoms with Crippen LogP contribution in [-0.4, -0.2) is 43.7 Å². The zero-order valence-corrected chi connectivity index (χ0v) is 25.8. The van der Waals surface area contributed by atoms with Crippen LogP contribution in [0.3, 0.4) is 0 Å². The van der Waals surface area contributed by atoms with E-state index in [1.54, 1.807) is 0 Å². The maximum absolute atomic E-state index is 14.1. The van der Waals surface area contributed by atoms with Gasteiger partial charge in [-0.1, -0.05) is 76.9 Å². The molecular formula is C30H46Cl2FN3O3. The molecule has 2 aromatic carbocycles. The predicted octanol–water partition coefficient (Wildman–Crippen LogP) is 7.15. The smallest absolute Gasteiger partial charge is 0.221 e. The third kappa shape index (κ3) is 15.9. The summed E-state index contributed by atoms with van der Waals surface area (Å²) in [6, 6.07) is 10.6. The molecule has 1 saturated heterocycles. The standard InChI is InChI=1S/C18H17Cl2FN2O.C5H11NO2.C5H12.C2H6/c1-10(24)23-18-7-16(20)17(21)6-13(18)15-9-22-8-14(15)11-3-2-4-12(19)5-11;7-4-2-1-3-6-5-8;1-5(2,3)4;1-2/h2-7,14-15,22H,8-9H2,1H3,(H,23,24);5,7H,1-4H2,(H,6,8);1-4H3;1-2H3. The van der Waals surface area contributed by atoms with Crippen LogP contribution in [0.1, 0.15) is 84.3 Å². The zero-order valence-electron chi connectivity index (χ0n) is 24.3. The highest BCUT2D eigenvalue weighted by Crippen LogP contribution is 2.41. The van der Waals surface area contributed by atoms with Crippen molar-refractivity contribution in [1.82, 2.24) is 10.6 Å². The minimum Gasteiger partial charge on any atom is -0.396 e. The van der Waals surface area contributed by atoms with E-state index in [-0.39, 0.29) is 29.4 Å². The molecule has 0 spiro atoms. The number of hydrogen-bond donors (Lipinski definition) is 4. The van der Waals surface area contributed by atoms with Crippen LogP contribution in [0.5, 0.6) is 0 Å². The van der Waals surface area contributed by atoms with Gasteiger partial charge < -0.3 is 21.1 Å². The van der Waals surface area contributed by atoms with Crippen molar-refractivity contribution in [2.75, 3.05) is 31.6 Å². The van der Waals surface area contributed by atoms with Gasteiger partial charge in [0.2, 0.25) is 12.3 Å². The lowest BCUT2D eigenvalue weighted by atomic mass is 9.83. The fourth-order valence-electron chi connectivity index (χ4n) is 3.66. The highest BCUT2D eigenvalue weighted by atomic mass is 35.5. The van der Waals surface area contributed by atoms with Gasteiger partial charge in [0.05, 0.1) is 5.02 Å². The molecular weight excluding hydrogens is 540 g/mol. The lowest BCUT2D eigenvalue weighted by molar-refractivity contribution is -0.114. The molecule has 0 saturated carbocycles. The Morgan fingerprint density at radius 3 is 2.26 bits per heavy atom. The summed E-state index contributed by atoms with van der Waals surface area (Å²) in [6.45, 7) is 16.5. The number of rotatable bonds is 8. The molecule has 39 heavy (non-hydrogen) atoms. The molecule has 220 valence electrons. The minimum absolute atomic E-state index is 0.00670. The molecule has 0 radical (unpaired) electrons. The maximum atomic E-state index is 14.1. The van der Waals surface area contributed by atoms with Gasteiger partial charge in [0.15, 0.2) is 0 Å². The number of amides is 2. The molecule has 2 amide bonds. The summed E-state index contributed by atoms with van der Waals surface area (Å²) in [7, 11) is 0. The Bertz CT molecular complexity index is 994. The topological polar surface area (TPSA) is 90.5 Å². The molecule has 2 aromatic rings. The number of nitrogens with one attached hydrogen (secondary N) is 3. The average Bonchev–Trinajstić information content (AvgIpc) is 3.34. The molecule has 0 aromatic heterocycles. The van der Waals surface area contributed by atoms with Gasteiger partial charge >= 0.3 is 0 Å². The van der Waals surface area contributed by atoms with Crippen LogP contribution >= 0.6 is 23.2 Å². The summed E-state index contributed by atoms with van der Waals surface area (Å²) in [5.74, 6) is -0.560. The second kappa shape index (κ2) is 19.8. The van der Waals surface area contributed by atoms with Crippen LogP contribution in [-0.2, 0) is 9.59 Å². The van der Waals surface area contributed by atoms with Gasteiger partial charge in [-0.2, -0.15) is 0 Å². The summed E-state index contributed by atoms with van der Waals surface area (Å²) in [4.78, 5) is 21.1. The number of carbonyl (C=O) groups excluding carboxylic acids is 2. The summed E-state index contributed by atoms with van der Waals surface area (Å²) in [5, 5.41) is 17.5. The number of unbranched alkanes of at least 4 members (excludes halogenated alkanes) is 1. The number of aliphatic hydroxyl groups excluding tert-OH is 1. The zero-order chi connectivity index (χ0) is 30.0. The Morgan fingerprint density at radius 2 is 1.72 bits per heavy atom. The van der Waals surface area contributed by atoms with Crippen molar-refractivity contribution < 1.29 is 19.1 Å². The summed E-state index contributed by atoms with van der Waals surface area (Å²) < 4.78 is 14.1. The number of aliphatic hydroxyl groups is 1. The van der Waals surface area contributed by atoms with Crippen LogP contribution in [0.2, 0.25) is 10.0 Å². The molecule has 2 atom stereocenters. The van der Waals surface area contributed by atoms with E-state index in [4.69, 9.17) is 28.3 Å². The fraction of sp³-hybridized carbons (Fsp3) is 0.533. The minimum atomic E-state index is -0.488. The van der Waals surface area contributed by atoms with E-state index in [0.29, 0.717) is 35.6 Å². The van der Waals surface area contributed by atoms with Crippen molar-refractivity contribution in [1.29, 1.82) is 0 Å². The maximum Gasteiger partial charge on any atom is 0.221 e. The first kappa shape index (κ1) is 36.8. The van der Waals surface area contributed by atoms with E-state index in [2.05, 4.69) is 43.6 Å². The Morgan fingerprint density at radius 1 is 1.10 bits per heavy atom. The summed E-state index contributed by atoms with van der Waals surface area (Å²) in [5.41, 5.74) is 2.87. The number of halogens is 3. The second-order valence-corrected chi connectivity index (χ2v) is 11.3. The molecule has 1 heterocycles. The number of anilines is 1. The van der Waals surface area contributed by atoms with E-state index < -0.39 is 5.82 Å². The molecule has 9 heteroatoms. The first-order chi connectivity index (χ1) is 18.4. The SMILES string of the molecule is CC.CC(=O)Nc1cc(Cl)c(F)cc1C1CNCC1c1cccc(Cl)c1.CC(C)(C)C.O=CNCCCCO. The highest BCUT2D eigenvalue weighted by molar-refractivity contribution is 6.31. The Balaban J connectivity index is 0.000000799. The van der Waals surface area contributed by atoms with Crippen molar-refractivity contribution in [2.24, 2.45) is 5.41 Å². The molecule has 6 nitrogen and oxygen atoms in total. The van der Waals surface area contributed by atoms with E-state index in [1.165, 1.54) is 19.1 Å². The van der Waals surface area contributed by atoms with E-state index in [0.717, 1.165) is 30.5 Å². The molecule has 2 unspecified atom stereocenters. The third-order valence-corrected chi connectivity index (χ3v) is 5.63. The molecule has 3 rings (SSSR count). The third-order valence-electron chi connectivity index (χ3n) is 5.11. The van der Waals surface area contributed by atoms with Crippen molar-refractivity contribution in [3.05, 3.63) is 63.4 Å². The quantitative estimate of drug-likeness (QED) is 0.195. The number of carbonyl (C=O) groups is 2. The van der Waals surface area contributed by atoms with E-state index in [1.807, 2.05) is 38.1 Å².